The number of halogens is 1. The molecule has 15 heavy (non-hydrogen) atoms. The molecule has 2 nitrogen and oxygen atoms in total. The zero-order chi connectivity index (χ0) is 10.8. The van der Waals surface area contributed by atoms with E-state index < -0.39 is 0 Å². The van der Waals surface area contributed by atoms with Crippen molar-refractivity contribution < 1.29 is 9.13 Å². The lowest BCUT2D eigenvalue weighted by atomic mass is 10.1. The zero-order valence-electron chi connectivity index (χ0n) is 9.11. The lowest BCUT2D eigenvalue weighted by molar-refractivity contribution is 0.0000111. The molecule has 2 rings (SSSR count). The summed E-state index contributed by atoms with van der Waals surface area (Å²) in [4.78, 5) is 2.32. The van der Waals surface area contributed by atoms with Gasteiger partial charge in [0, 0.05) is 25.2 Å². The fraction of sp³-hybridized carbons (Fsp3) is 0.500. The molecular weight excluding hydrogens is 193 g/mol. The first-order valence-corrected chi connectivity index (χ1v) is 5.31. The molecular formula is C12H16FNO. The van der Waals surface area contributed by atoms with Gasteiger partial charge in [0.25, 0.3) is 0 Å². The Balaban J connectivity index is 1.85. The molecule has 1 aromatic rings. The summed E-state index contributed by atoms with van der Waals surface area (Å²) in [6, 6.07) is 6.88. The van der Waals surface area contributed by atoms with E-state index in [9.17, 15) is 4.39 Å². The van der Waals surface area contributed by atoms with Crippen LogP contribution in [0, 0.1) is 5.82 Å². The van der Waals surface area contributed by atoms with Crippen LogP contribution in [0.2, 0.25) is 0 Å². The van der Waals surface area contributed by atoms with Crippen LogP contribution in [0.1, 0.15) is 13.8 Å². The Morgan fingerprint density at radius 3 is 2.73 bits per heavy atom. The van der Waals surface area contributed by atoms with Crippen LogP contribution in [0.15, 0.2) is 24.3 Å². The second-order valence-electron chi connectivity index (χ2n) is 4.24. The van der Waals surface area contributed by atoms with Crippen molar-refractivity contribution in [2.24, 2.45) is 0 Å². The maximum absolute atomic E-state index is 12.9. The first kappa shape index (κ1) is 10.4. The van der Waals surface area contributed by atoms with Gasteiger partial charge in [-0.15, -0.1) is 0 Å². The average Bonchev–Trinajstić information content (AvgIpc) is 2.10. The highest BCUT2D eigenvalue weighted by Gasteiger charge is 2.29. The number of likely N-dealkylation sites (tertiary alicyclic amines) is 1. The highest BCUT2D eigenvalue weighted by atomic mass is 19.1. The van der Waals surface area contributed by atoms with Crippen LogP contribution in [0.25, 0.3) is 0 Å². The largest absolute Gasteiger partial charge is 0.488 e. The van der Waals surface area contributed by atoms with E-state index in [4.69, 9.17) is 4.74 Å². The predicted octanol–water partition coefficient (Wildman–Crippen LogP) is 2.30. The molecule has 3 heteroatoms. The minimum atomic E-state index is -0.243. The van der Waals surface area contributed by atoms with Crippen molar-refractivity contribution in [3.05, 3.63) is 30.1 Å². The van der Waals surface area contributed by atoms with Gasteiger partial charge in [0.05, 0.1) is 0 Å². The van der Waals surface area contributed by atoms with Crippen LogP contribution in [-0.4, -0.2) is 30.1 Å². The fourth-order valence-electron chi connectivity index (χ4n) is 1.70. The summed E-state index contributed by atoms with van der Waals surface area (Å²) in [5, 5.41) is 0. The number of ether oxygens (including phenoxy) is 1. The third kappa shape index (κ3) is 2.48. The van der Waals surface area contributed by atoms with Crippen LogP contribution in [0.5, 0.6) is 5.75 Å². The molecule has 1 aliphatic rings. The minimum Gasteiger partial charge on any atom is -0.488 e. The van der Waals surface area contributed by atoms with Gasteiger partial charge in [-0.05, 0) is 26.0 Å². The van der Waals surface area contributed by atoms with Crippen molar-refractivity contribution in [1.82, 2.24) is 4.90 Å². The molecule has 0 spiro atoms. The molecule has 0 radical (unpaired) electrons. The van der Waals surface area contributed by atoms with Crippen molar-refractivity contribution in [3.63, 3.8) is 0 Å². The smallest absolute Gasteiger partial charge is 0.126 e. The van der Waals surface area contributed by atoms with Gasteiger partial charge in [0.15, 0.2) is 0 Å². The zero-order valence-corrected chi connectivity index (χ0v) is 9.11. The normalized spacial score (nSPS) is 17.9. The third-order valence-corrected chi connectivity index (χ3v) is 2.71. The molecule has 1 saturated heterocycles. The van der Waals surface area contributed by atoms with Crippen molar-refractivity contribution in [1.29, 1.82) is 0 Å². The van der Waals surface area contributed by atoms with E-state index in [1.165, 1.54) is 12.1 Å². The summed E-state index contributed by atoms with van der Waals surface area (Å²) in [5.74, 6) is 0.385. The van der Waals surface area contributed by atoms with Gasteiger partial charge in [-0.25, -0.2) is 4.39 Å². The second-order valence-corrected chi connectivity index (χ2v) is 4.24. The molecule has 1 aliphatic heterocycles. The number of hydrogen-bond acceptors (Lipinski definition) is 2. The average molecular weight is 209 g/mol. The van der Waals surface area contributed by atoms with Crippen molar-refractivity contribution >= 4 is 0 Å². The van der Waals surface area contributed by atoms with E-state index in [2.05, 4.69) is 18.7 Å². The molecule has 1 heterocycles. The van der Waals surface area contributed by atoms with Crippen LogP contribution < -0.4 is 4.74 Å². The first-order valence-electron chi connectivity index (χ1n) is 5.31. The summed E-state index contributed by atoms with van der Waals surface area (Å²) in [7, 11) is 0. The summed E-state index contributed by atoms with van der Waals surface area (Å²) >= 11 is 0. The predicted molar refractivity (Wildman–Crippen MR) is 57.5 cm³/mol. The molecule has 1 aromatic carbocycles. The Labute approximate surface area is 89.7 Å². The molecule has 0 N–H and O–H groups in total. The summed E-state index contributed by atoms with van der Waals surface area (Å²) in [6.45, 7) is 6.21. The number of benzene rings is 1. The summed E-state index contributed by atoms with van der Waals surface area (Å²) < 4.78 is 18.5. The topological polar surface area (TPSA) is 12.5 Å². The van der Waals surface area contributed by atoms with E-state index >= 15 is 0 Å². The lowest BCUT2D eigenvalue weighted by Crippen LogP contribution is -2.56. The maximum atomic E-state index is 12.9. The van der Waals surface area contributed by atoms with E-state index in [1.807, 2.05) is 0 Å². The van der Waals surface area contributed by atoms with Crippen LogP contribution in [0.3, 0.4) is 0 Å². The second kappa shape index (κ2) is 4.19. The molecule has 0 aliphatic carbocycles. The third-order valence-electron chi connectivity index (χ3n) is 2.71. The highest BCUT2D eigenvalue weighted by molar-refractivity contribution is 5.23. The number of hydrogen-bond donors (Lipinski definition) is 0. The number of rotatable bonds is 3. The molecule has 0 aromatic heterocycles. The maximum Gasteiger partial charge on any atom is 0.126 e. The Kier molecular flexibility index (Phi) is 2.91. The molecule has 0 bridgehead atoms. The molecule has 0 amide bonds. The molecule has 0 saturated carbocycles. The van der Waals surface area contributed by atoms with E-state index in [0.717, 1.165) is 13.1 Å². The minimum absolute atomic E-state index is 0.217. The molecule has 82 valence electrons. The Bertz CT molecular complexity index is 334. The van der Waals surface area contributed by atoms with Gasteiger partial charge in [-0.1, -0.05) is 6.07 Å². The van der Waals surface area contributed by atoms with Gasteiger partial charge in [-0.3, -0.25) is 4.90 Å². The van der Waals surface area contributed by atoms with Crippen LogP contribution in [-0.2, 0) is 0 Å². The van der Waals surface area contributed by atoms with E-state index in [1.54, 1.807) is 12.1 Å². The molecule has 0 atom stereocenters. The Morgan fingerprint density at radius 1 is 1.40 bits per heavy atom. The van der Waals surface area contributed by atoms with Gasteiger partial charge < -0.3 is 4.74 Å². The van der Waals surface area contributed by atoms with Gasteiger partial charge >= 0.3 is 0 Å². The lowest BCUT2D eigenvalue weighted by Gasteiger charge is -2.41. The van der Waals surface area contributed by atoms with Gasteiger partial charge in [-0.2, -0.15) is 0 Å². The highest BCUT2D eigenvalue weighted by Crippen LogP contribution is 2.20. The van der Waals surface area contributed by atoms with Gasteiger partial charge in [0.1, 0.15) is 17.7 Å². The fourth-order valence-corrected chi connectivity index (χ4v) is 1.70. The van der Waals surface area contributed by atoms with E-state index in [0.29, 0.717) is 11.8 Å². The molecule has 1 fully saturated rings. The van der Waals surface area contributed by atoms with Crippen molar-refractivity contribution in [2.45, 2.75) is 26.0 Å². The van der Waals surface area contributed by atoms with Crippen LogP contribution in [0.4, 0.5) is 4.39 Å². The summed E-state index contributed by atoms with van der Waals surface area (Å²) in [5.41, 5.74) is 0. The Hall–Kier alpha value is -1.09. The SMILES string of the molecule is CC(C)N1CC(Oc2cccc(F)c2)C1. The number of nitrogens with zero attached hydrogens (tertiary/aromatic N) is 1. The monoisotopic (exact) mass is 209 g/mol. The van der Waals surface area contributed by atoms with E-state index in [-0.39, 0.29) is 11.9 Å². The summed E-state index contributed by atoms with van der Waals surface area (Å²) in [6.07, 6.45) is 0.217. The Morgan fingerprint density at radius 2 is 2.13 bits per heavy atom. The first-order chi connectivity index (χ1) is 7.15. The quantitative estimate of drug-likeness (QED) is 0.757. The van der Waals surface area contributed by atoms with Crippen molar-refractivity contribution in [2.75, 3.05) is 13.1 Å². The standard InChI is InChI=1S/C12H16FNO/c1-9(2)14-7-12(8-14)15-11-5-3-4-10(13)6-11/h3-6,9,12H,7-8H2,1-2H3. The van der Waals surface area contributed by atoms with Crippen molar-refractivity contribution in [3.8, 4) is 5.75 Å². The van der Waals surface area contributed by atoms with Crippen LogP contribution >= 0.6 is 0 Å². The molecule has 0 unspecified atom stereocenters. The van der Waals surface area contributed by atoms with Gasteiger partial charge in [0.2, 0.25) is 0 Å².